The first-order chi connectivity index (χ1) is 5.02. The second-order valence-corrected chi connectivity index (χ2v) is 3.63. The molecule has 4 nitrogen and oxygen atoms in total. The zero-order valence-electron chi connectivity index (χ0n) is 6.48. The summed E-state index contributed by atoms with van der Waals surface area (Å²) in [4.78, 5) is -0.0278. The van der Waals surface area contributed by atoms with E-state index < -0.39 is 10.1 Å². The Labute approximate surface area is 71.5 Å². The van der Waals surface area contributed by atoms with E-state index >= 15 is 0 Å². The van der Waals surface area contributed by atoms with Crippen molar-refractivity contribution in [2.75, 3.05) is 0 Å². The van der Waals surface area contributed by atoms with Gasteiger partial charge < -0.3 is 5.48 Å². The Morgan fingerprint density at radius 3 is 2.42 bits per heavy atom. The third-order valence-corrected chi connectivity index (χ3v) is 2.39. The molecule has 3 N–H and O–H groups in total. The maximum atomic E-state index is 10.6. The molecule has 0 aromatic carbocycles. The van der Waals surface area contributed by atoms with Gasteiger partial charge in [-0.15, -0.1) is 0 Å². The molecule has 0 saturated carbocycles. The van der Waals surface area contributed by atoms with Crippen LogP contribution in [0.5, 0.6) is 0 Å². The molecule has 0 saturated heterocycles. The van der Waals surface area contributed by atoms with Crippen LogP contribution in [-0.2, 0) is 10.1 Å². The number of rotatable bonds is 1. The Bertz CT molecular complexity index is 360. The van der Waals surface area contributed by atoms with E-state index in [0.29, 0.717) is 5.56 Å². The van der Waals surface area contributed by atoms with Gasteiger partial charge in [0.1, 0.15) is 0 Å². The zero-order valence-corrected chi connectivity index (χ0v) is 7.30. The standard InChI is InChI=1S/C6H7BO3S.H2O/c1-5-3-2-4-7-6(5)11(8,9)10;/h2-4H,1H3,(H,8,9,10);1H2. The monoisotopic (exact) mass is 188 g/mol. The van der Waals surface area contributed by atoms with Gasteiger partial charge in [0.05, 0.1) is 0 Å². The van der Waals surface area contributed by atoms with Crippen LogP contribution in [0.2, 0.25) is 0 Å². The zero-order chi connectivity index (χ0) is 8.48. The van der Waals surface area contributed by atoms with Gasteiger partial charge in [0, 0.05) is 0 Å². The quantitative estimate of drug-likeness (QED) is 0.616. The third-order valence-electron chi connectivity index (χ3n) is 1.37. The largest absolute Gasteiger partial charge is 0.412 e. The molecule has 6 heteroatoms. The van der Waals surface area contributed by atoms with Crippen LogP contribution in [-0.4, -0.2) is 25.4 Å². The second kappa shape index (κ2) is 3.80. The minimum absolute atomic E-state index is 0. The van der Waals surface area contributed by atoms with Crippen molar-refractivity contribution in [3.63, 3.8) is 0 Å². The molecule has 0 aliphatic carbocycles. The SMILES string of the molecule is Cc1cccbc1S(=O)(=O)O.O. The average Bonchev–Trinajstić information content (AvgIpc) is 1.86. The second-order valence-electron chi connectivity index (χ2n) is 2.24. The summed E-state index contributed by atoms with van der Waals surface area (Å²) in [6, 6.07) is 3.34. The Morgan fingerprint density at radius 1 is 1.50 bits per heavy atom. The van der Waals surface area contributed by atoms with Gasteiger partial charge >= 0.3 is 65.4 Å². The summed E-state index contributed by atoms with van der Waals surface area (Å²) in [5.74, 6) is 1.57. The van der Waals surface area contributed by atoms with E-state index in [4.69, 9.17) is 4.55 Å². The van der Waals surface area contributed by atoms with Gasteiger partial charge in [-0.1, -0.05) is 0 Å². The molecule has 1 rings (SSSR count). The molecule has 66 valence electrons. The van der Waals surface area contributed by atoms with E-state index in [0.717, 1.165) is 0 Å². The molecular weight excluding hydrogens is 179 g/mol. The van der Waals surface area contributed by atoms with Gasteiger partial charge in [-0.2, -0.15) is 0 Å². The Hall–Kier alpha value is -0.715. The van der Waals surface area contributed by atoms with Gasteiger partial charge in [0.2, 0.25) is 0 Å². The van der Waals surface area contributed by atoms with E-state index in [1.807, 2.05) is 0 Å². The molecule has 0 spiro atoms. The molecule has 1 heterocycles. The molecule has 1 aromatic heterocycles. The maximum Gasteiger partial charge on any atom is -0.412 e. The molecule has 0 atom stereocenters. The summed E-state index contributed by atoms with van der Waals surface area (Å²) in [7, 11) is -4.03. The van der Waals surface area contributed by atoms with E-state index in [-0.39, 0.29) is 10.3 Å². The summed E-state index contributed by atoms with van der Waals surface area (Å²) in [6.45, 7) is 2.99. The molecule has 0 amide bonds. The van der Waals surface area contributed by atoms with Crippen molar-refractivity contribution in [2.45, 2.75) is 11.7 Å². The first kappa shape index (κ1) is 11.3. The number of hydrogen-bond acceptors (Lipinski definition) is 2. The molecule has 12 heavy (non-hydrogen) atoms. The molecule has 0 bridgehead atoms. The van der Waals surface area contributed by atoms with Crippen LogP contribution in [0.4, 0.5) is 0 Å². The first-order valence-electron chi connectivity index (χ1n) is 3.05. The Balaban J connectivity index is 0.00000121. The average molecular weight is 188 g/mol. The molecular formula is C6H9BO4S. The van der Waals surface area contributed by atoms with Crippen LogP contribution in [0.3, 0.4) is 0 Å². The fourth-order valence-electron chi connectivity index (χ4n) is 0.846. The van der Waals surface area contributed by atoms with Crippen LogP contribution < -0.4 is 0 Å². The fraction of sp³-hybridized carbons (Fsp3) is 0.167. The number of hydrogen-bond donors (Lipinski definition) is 1. The molecule has 0 aliphatic heterocycles. The topological polar surface area (TPSA) is 85.9 Å². The van der Waals surface area contributed by atoms with Crippen molar-refractivity contribution < 1.29 is 18.4 Å². The van der Waals surface area contributed by atoms with E-state index in [2.05, 4.69) is 0 Å². The summed E-state index contributed by atoms with van der Waals surface area (Å²) >= 11 is 0. The van der Waals surface area contributed by atoms with Gasteiger partial charge in [-0.05, 0) is 0 Å². The number of aryl methyl sites for hydroxylation is 1. The Kier molecular flexibility index (Phi) is 3.57. The minimum atomic E-state index is -4.03. The molecule has 0 aliphatic rings. The first-order valence-corrected chi connectivity index (χ1v) is 4.49. The van der Waals surface area contributed by atoms with Crippen LogP contribution in [0.1, 0.15) is 5.56 Å². The van der Waals surface area contributed by atoms with Gasteiger partial charge in [0.15, 0.2) is 0 Å². The van der Waals surface area contributed by atoms with Gasteiger partial charge in [-0.25, -0.2) is 0 Å². The normalized spacial score (nSPS) is 10.2. The minimum Gasteiger partial charge on any atom is -0.412 e. The van der Waals surface area contributed by atoms with Gasteiger partial charge in [-0.3, -0.25) is 0 Å². The Morgan fingerprint density at radius 2 is 2.08 bits per heavy atom. The smallest absolute Gasteiger partial charge is 0.412 e. The fourth-order valence-corrected chi connectivity index (χ4v) is 1.57. The van der Waals surface area contributed by atoms with E-state index in [1.165, 1.54) is 6.91 Å². The molecule has 1 aromatic rings. The summed E-state index contributed by atoms with van der Waals surface area (Å²) in [5, 5.41) is 0. The summed E-state index contributed by atoms with van der Waals surface area (Å²) < 4.78 is 29.9. The van der Waals surface area contributed by atoms with Crippen molar-refractivity contribution >= 4 is 17.0 Å². The van der Waals surface area contributed by atoms with Crippen molar-refractivity contribution in [1.29, 1.82) is 0 Å². The van der Waals surface area contributed by atoms with Crippen molar-refractivity contribution in [3.05, 3.63) is 23.7 Å². The van der Waals surface area contributed by atoms with Crippen LogP contribution in [0.25, 0.3) is 0 Å². The van der Waals surface area contributed by atoms with Crippen molar-refractivity contribution in [2.24, 2.45) is 0 Å². The molecule has 0 unspecified atom stereocenters. The predicted octanol–water partition coefficient (Wildman–Crippen LogP) is -0.245. The van der Waals surface area contributed by atoms with E-state index in [1.54, 1.807) is 25.0 Å². The van der Waals surface area contributed by atoms with Crippen molar-refractivity contribution in [3.8, 4) is 0 Å². The third kappa shape index (κ3) is 2.40. The summed E-state index contributed by atoms with van der Waals surface area (Å²) in [5.41, 5.74) is 0.551. The molecule has 0 radical (unpaired) electrons. The van der Waals surface area contributed by atoms with Gasteiger partial charge in [0.25, 0.3) is 0 Å². The van der Waals surface area contributed by atoms with Crippen LogP contribution in [0.15, 0.2) is 22.9 Å². The molecule has 0 fully saturated rings. The van der Waals surface area contributed by atoms with Crippen molar-refractivity contribution in [1.82, 2.24) is 0 Å². The van der Waals surface area contributed by atoms with E-state index in [9.17, 15) is 8.42 Å². The van der Waals surface area contributed by atoms with Crippen LogP contribution in [0, 0.1) is 6.92 Å². The maximum absolute atomic E-state index is 10.6. The summed E-state index contributed by atoms with van der Waals surface area (Å²) in [6.07, 6.45) is 0. The van der Waals surface area contributed by atoms with Crippen LogP contribution >= 0.6 is 0 Å². The predicted molar refractivity (Wildman–Crippen MR) is 46.0 cm³/mol.